The minimum Gasteiger partial charge on any atom is -0.351 e. The molecule has 1 fully saturated rings. The Bertz CT molecular complexity index is 448. The molecule has 0 aromatic carbocycles. The smallest absolute Gasteiger partial charge is 0.251 e. The molecule has 0 aromatic heterocycles. The van der Waals surface area contributed by atoms with Crippen molar-refractivity contribution in [2.45, 2.75) is 52.0 Å². The van der Waals surface area contributed by atoms with E-state index in [2.05, 4.69) is 11.9 Å². The summed E-state index contributed by atoms with van der Waals surface area (Å²) in [5.74, 6) is 0.803. The SMILES string of the molecule is C=C1C=CC(=O)N1CC1CCC(C(=O)NC(C)(C)C)CC1. The van der Waals surface area contributed by atoms with Gasteiger partial charge in [0, 0.05) is 29.8 Å². The predicted octanol–water partition coefficient (Wildman–Crippen LogP) is 2.62. The largest absolute Gasteiger partial charge is 0.351 e. The lowest BCUT2D eigenvalue weighted by Gasteiger charge is -2.32. The van der Waals surface area contributed by atoms with E-state index in [1.54, 1.807) is 17.1 Å². The van der Waals surface area contributed by atoms with E-state index in [-0.39, 0.29) is 23.3 Å². The lowest BCUT2D eigenvalue weighted by atomic mass is 9.81. The van der Waals surface area contributed by atoms with Crippen LogP contribution in [0.2, 0.25) is 0 Å². The zero-order valence-electron chi connectivity index (χ0n) is 13.3. The quantitative estimate of drug-likeness (QED) is 0.868. The molecule has 0 unspecified atom stereocenters. The molecule has 4 heteroatoms. The third-order valence-electron chi connectivity index (χ3n) is 4.19. The van der Waals surface area contributed by atoms with Crippen LogP contribution in [0.3, 0.4) is 0 Å². The number of rotatable bonds is 3. The third kappa shape index (κ3) is 4.19. The Morgan fingerprint density at radius 2 is 1.90 bits per heavy atom. The number of allylic oxidation sites excluding steroid dienone is 1. The fourth-order valence-electron chi connectivity index (χ4n) is 3.03. The molecular formula is C17H26N2O2. The van der Waals surface area contributed by atoms with E-state index in [0.29, 0.717) is 5.92 Å². The summed E-state index contributed by atoms with van der Waals surface area (Å²) in [6.07, 6.45) is 7.16. The third-order valence-corrected chi connectivity index (χ3v) is 4.19. The Labute approximate surface area is 127 Å². The fourth-order valence-corrected chi connectivity index (χ4v) is 3.03. The Morgan fingerprint density at radius 1 is 1.29 bits per heavy atom. The minimum atomic E-state index is -0.167. The molecule has 1 saturated carbocycles. The van der Waals surface area contributed by atoms with Crippen LogP contribution in [0.1, 0.15) is 46.5 Å². The van der Waals surface area contributed by atoms with Gasteiger partial charge in [-0.1, -0.05) is 6.58 Å². The van der Waals surface area contributed by atoms with Crippen molar-refractivity contribution in [3.8, 4) is 0 Å². The molecule has 2 amide bonds. The van der Waals surface area contributed by atoms with Crippen LogP contribution in [0.15, 0.2) is 24.4 Å². The monoisotopic (exact) mass is 290 g/mol. The van der Waals surface area contributed by atoms with Gasteiger partial charge in [-0.2, -0.15) is 0 Å². The van der Waals surface area contributed by atoms with Gasteiger partial charge in [0.1, 0.15) is 0 Å². The summed E-state index contributed by atoms with van der Waals surface area (Å²) in [5.41, 5.74) is 0.617. The van der Waals surface area contributed by atoms with E-state index in [4.69, 9.17) is 0 Å². The Kier molecular flexibility index (Phi) is 4.55. The Balaban J connectivity index is 1.80. The molecule has 1 aliphatic heterocycles. The van der Waals surface area contributed by atoms with Gasteiger partial charge in [0.05, 0.1) is 0 Å². The van der Waals surface area contributed by atoms with Crippen molar-refractivity contribution in [2.24, 2.45) is 11.8 Å². The lowest BCUT2D eigenvalue weighted by Crippen LogP contribution is -2.45. The summed E-state index contributed by atoms with van der Waals surface area (Å²) in [6, 6.07) is 0. The predicted molar refractivity (Wildman–Crippen MR) is 83.3 cm³/mol. The number of carbonyl (C=O) groups excluding carboxylic acids is 2. The van der Waals surface area contributed by atoms with Crippen LogP contribution in [-0.2, 0) is 9.59 Å². The van der Waals surface area contributed by atoms with E-state index in [1.807, 2.05) is 20.8 Å². The maximum Gasteiger partial charge on any atom is 0.251 e. The summed E-state index contributed by atoms with van der Waals surface area (Å²) in [4.78, 5) is 25.6. The van der Waals surface area contributed by atoms with Crippen LogP contribution in [0.5, 0.6) is 0 Å². The van der Waals surface area contributed by atoms with E-state index in [0.717, 1.165) is 37.9 Å². The Hall–Kier alpha value is -1.58. The number of nitrogens with one attached hydrogen (secondary N) is 1. The first kappa shape index (κ1) is 15.8. The van der Waals surface area contributed by atoms with Gasteiger partial charge in [0.15, 0.2) is 0 Å². The highest BCUT2D eigenvalue weighted by Crippen LogP contribution is 2.31. The zero-order chi connectivity index (χ0) is 15.6. The van der Waals surface area contributed by atoms with Crippen LogP contribution < -0.4 is 5.32 Å². The van der Waals surface area contributed by atoms with Gasteiger partial charge in [-0.05, 0) is 58.4 Å². The van der Waals surface area contributed by atoms with E-state index >= 15 is 0 Å². The lowest BCUT2D eigenvalue weighted by molar-refractivity contribution is -0.128. The minimum absolute atomic E-state index is 0.0348. The number of hydrogen-bond donors (Lipinski definition) is 1. The Morgan fingerprint density at radius 3 is 2.38 bits per heavy atom. The second kappa shape index (κ2) is 6.04. The molecule has 0 radical (unpaired) electrons. The van der Waals surface area contributed by atoms with Gasteiger partial charge in [-0.15, -0.1) is 0 Å². The molecule has 0 aromatic rings. The van der Waals surface area contributed by atoms with Crippen molar-refractivity contribution in [1.82, 2.24) is 10.2 Å². The number of amides is 2. The van der Waals surface area contributed by atoms with E-state index < -0.39 is 0 Å². The van der Waals surface area contributed by atoms with Gasteiger partial charge in [0.2, 0.25) is 5.91 Å². The van der Waals surface area contributed by atoms with Gasteiger partial charge < -0.3 is 10.2 Å². The average molecular weight is 290 g/mol. The summed E-state index contributed by atoms with van der Waals surface area (Å²) < 4.78 is 0. The summed E-state index contributed by atoms with van der Waals surface area (Å²) in [6.45, 7) is 10.6. The standard InChI is InChI=1S/C17H26N2O2/c1-12-5-10-15(20)19(12)11-13-6-8-14(9-7-13)16(21)18-17(2,3)4/h5,10,13-14H,1,6-9,11H2,2-4H3,(H,18,21). The summed E-state index contributed by atoms with van der Waals surface area (Å²) in [5, 5.41) is 3.06. The number of carbonyl (C=O) groups is 2. The van der Waals surface area contributed by atoms with Crippen molar-refractivity contribution >= 4 is 11.8 Å². The van der Waals surface area contributed by atoms with Crippen LogP contribution in [0.25, 0.3) is 0 Å². The summed E-state index contributed by atoms with van der Waals surface area (Å²) >= 11 is 0. The van der Waals surface area contributed by atoms with Crippen molar-refractivity contribution < 1.29 is 9.59 Å². The average Bonchev–Trinajstić information content (AvgIpc) is 2.69. The highest BCUT2D eigenvalue weighted by molar-refractivity contribution is 5.93. The number of nitrogens with zero attached hydrogens (tertiary/aromatic N) is 1. The van der Waals surface area contributed by atoms with Crippen LogP contribution >= 0.6 is 0 Å². The fraction of sp³-hybridized carbons (Fsp3) is 0.647. The van der Waals surface area contributed by atoms with Gasteiger partial charge in [0.25, 0.3) is 5.91 Å². The van der Waals surface area contributed by atoms with Crippen LogP contribution in [-0.4, -0.2) is 28.8 Å². The molecule has 0 saturated heterocycles. The zero-order valence-corrected chi connectivity index (χ0v) is 13.3. The summed E-state index contributed by atoms with van der Waals surface area (Å²) in [7, 11) is 0. The van der Waals surface area contributed by atoms with Gasteiger partial charge >= 0.3 is 0 Å². The maximum atomic E-state index is 12.2. The number of hydrogen-bond acceptors (Lipinski definition) is 2. The second-order valence-electron chi connectivity index (χ2n) is 7.23. The molecule has 1 heterocycles. The molecule has 2 aliphatic rings. The van der Waals surface area contributed by atoms with Crippen LogP contribution in [0.4, 0.5) is 0 Å². The van der Waals surface area contributed by atoms with Gasteiger partial charge in [-0.25, -0.2) is 0 Å². The molecule has 1 aliphatic carbocycles. The van der Waals surface area contributed by atoms with Crippen molar-refractivity contribution in [3.63, 3.8) is 0 Å². The first-order valence-corrected chi connectivity index (χ1v) is 7.77. The maximum absolute atomic E-state index is 12.2. The highest BCUT2D eigenvalue weighted by atomic mass is 16.2. The van der Waals surface area contributed by atoms with E-state index in [9.17, 15) is 9.59 Å². The molecule has 4 nitrogen and oxygen atoms in total. The molecular weight excluding hydrogens is 264 g/mol. The van der Waals surface area contributed by atoms with E-state index in [1.165, 1.54) is 0 Å². The van der Waals surface area contributed by atoms with Crippen LogP contribution in [0, 0.1) is 11.8 Å². The molecule has 0 bridgehead atoms. The highest BCUT2D eigenvalue weighted by Gasteiger charge is 2.30. The second-order valence-corrected chi connectivity index (χ2v) is 7.23. The first-order chi connectivity index (χ1) is 9.76. The molecule has 1 N–H and O–H groups in total. The topological polar surface area (TPSA) is 49.4 Å². The first-order valence-electron chi connectivity index (χ1n) is 7.77. The van der Waals surface area contributed by atoms with Gasteiger partial charge in [-0.3, -0.25) is 9.59 Å². The van der Waals surface area contributed by atoms with Crippen molar-refractivity contribution in [3.05, 3.63) is 24.4 Å². The normalized spacial score (nSPS) is 26.3. The van der Waals surface area contributed by atoms with Crippen molar-refractivity contribution in [2.75, 3.05) is 6.54 Å². The molecule has 0 spiro atoms. The van der Waals surface area contributed by atoms with Crippen molar-refractivity contribution in [1.29, 1.82) is 0 Å². The molecule has 116 valence electrons. The molecule has 0 atom stereocenters. The molecule has 2 rings (SSSR count). The molecule has 21 heavy (non-hydrogen) atoms.